The molecule has 0 spiro atoms. The minimum atomic E-state index is -4.79. The van der Waals surface area contributed by atoms with E-state index in [0.717, 1.165) is 0 Å². The second-order valence-corrected chi connectivity index (χ2v) is 5.78. The van der Waals surface area contributed by atoms with Gasteiger partial charge in [-0.1, -0.05) is 36.2 Å². The zero-order valence-electron chi connectivity index (χ0n) is 9.82. The van der Waals surface area contributed by atoms with E-state index in [-0.39, 0.29) is 70.6 Å². The molecule has 0 nitrogen and oxygen atoms in total. The third kappa shape index (κ3) is 1.95. The summed E-state index contributed by atoms with van der Waals surface area (Å²) in [5.74, 6) is -0.444. The first kappa shape index (κ1) is 15.3. The molecular formula is C11H9BClF4K. The fourth-order valence-electron chi connectivity index (χ4n) is 3.40. The minimum Gasteiger partial charge on any atom is -0.449 e. The average molecular weight is 303 g/mol. The molecule has 1 aromatic carbocycles. The molecule has 92 valence electrons. The first-order valence-electron chi connectivity index (χ1n) is 5.43. The van der Waals surface area contributed by atoms with E-state index >= 15 is 0 Å². The Balaban J connectivity index is 0.00000120. The molecular weight excluding hydrogens is 293 g/mol. The quantitative estimate of drug-likeness (QED) is 0.574. The first-order valence-corrected chi connectivity index (χ1v) is 5.81. The summed E-state index contributed by atoms with van der Waals surface area (Å²) in [5, 5.41) is -1.09. The van der Waals surface area contributed by atoms with Crippen molar-refractivity contribution in [1.82, 2.24) is 0 Å². The van der Waals surface area contributed by atoms with Gasteiger partial charge >= 0.3 is 58.4 Å². The van der Waals surface area contributed by atoms with Crippen LogP contribution in [-0.4, -0.2) is 6.98 Å². The number of hydrogen-bond acceptors (Lipinski definition) is 0. The zero-order valence-corrected chi connectivity index (χ0v) is 13.7. The van der Waals surface area contributed by atoms with Gasteiger partial charge in [0.25, 0.3) is 0 Å². The summed E-state index contributed by atoms with van der Waals surface area (Å²) in [4.78, 5) is 0. The van der Waals surface area contributed by atoms with Gasteiger partial charge in [0.05, 0.1) is 0 Å². The number of benzene rings is 1. The molecule has 1 aromatic rings. The van der Waals surface area contributed by atoms with Crippen molar-refractivity contribution >= 4 is 18.6 Å². The molecule has 0 saturated heterocycles. The summed E-state index contributed by atoms with van der Waals surface area (Å²) >= 11 is 5.93. The summed E-state index contributed by atoms with van der Waals surface area (Å²) < 4.78 is 51.3. The fraction of sp³-hybridized carbons (Fsp3) is 0.455. The molecule has 0 N–H and O–H groups in total. The van der Waals surface area contributed by atoms with E-state index in [1.807, 2.05) is 0 Å². The van der Waals surface area contributed by atoms with Gasteiger partial charge in [0.15, 0.2) is 0 Å². The predicted octanol–water partition coefficient (Wildman–Crippen LogP) is 1.51. The Hall–Kier alpha value is 0.931. The maximum Gasteiger partial charge on any atom is 1.00 e. The molecule has 2 bridgehead atoms. The Bertz CT molecular complexity index is 483. The number of rotatable bonds is 2. The topological polar surface area (TPSA) is 0 Å². The van der Waals surface area contributed by atoms with Gasteiger partial charge in [-0.3, -0.25) is 0 Å². The van der Waals surface area contributed by atoms with E-state index in [0.29, 0.717) is 10.6 Å². The Kier molecular flexibility index (Phi) is 3.80. The van der Waals surface area contributed by atoms with Gasteiger partial charge in [-0.15, -0.1) is 0 Å². The van der Waals surface area contributed by atoms with Crippen molar-refractivity contribution in [3.63, 3.8) is 0 Å². The van der Waals surface area contributed by atoms with Crippen molar-refractivity contribution in [2.45, 2.75) is 30.0 Å². The van der Waals surface area contributed by atoms with Gasteiger partial charge in [0.1, 0.15) is 5.82 Å². The predicted molar refractivity (Wildman–Crippen MR) is 58.7 cm³/mol. The number of halogens is 5. The molecule has 3 aliphatic carbocycles. The molecule has 0 unspecified atom stereocenters. The molecule has 3 saturated carbocycles. The van der Waals surface area contributed by atoms with Crippen LogP contribution < -0.4 is 51.4 Å². The monoisotopic (exact) mass is 302 g/mol. The van der Waals surface area contributed by atoms with Gasteiger partial charge in [0.2, 0.25) is 0 Å². The van der Waals surface area contributed by atoms with Crippen LogP contribution in [0.4, 0.5) is 17.3 Å². The molecule has 3 fully saturated rings. The Labute approximate surface area is 150 Å². The Morgan fingerprint density at radius 1 is 1.11 bits per heavy atom. The Morgan fingerprint density at radius 2 is 1.67 bits per heavy atom. The third-order valence-electron chi connectivity index (χ3n) is 4.27. The molecule has 0 radical (unpaired) electrons. The maximum absolute atomic E-state index is 13.1. The van der Waals surface area contributed by atoms with Gasteiger partial charge in [0, 0.05) is 5.02 Å². The molecule has 4 rings (SSSR count). The summed E-state index contributed by atoms with van der Waals surface area (Å²) in [6.07, 6.45) is 0.228. The fourth-order valence-corrected chi connectivity index (χ4v) is 3.72. The SMILES string of the molecule is Fc1ccc(Cl)c(C23CC([B-](F)(F)F)(C2)C3)c1.[K+]. The zero-order chi connectivity index (χ0) is 12.5. The van der Waals surface area contributed by atoms with E-state index in [9.17, 15) is 17.3 Å². The second-order valence-electron chi connectivity index (χ2n) is 5.37. The largest absolute Gasteiger partial charge is 1.00 e. The number of hydrogen-bond donors (Lipinski definition) is 0. The van der Waals surface area contributed by atoms with Crippen LogP contribution in [0.3, 0.4) is 0 Å². The van der Waals surface area contributed by atoms with Crippen LogP contribution in [0.15, 0.2) is 18.2 Å². The van der Waals surface area contributed by atoms with Crippen LogP contribution in [0.2, 0.25) is 10.3 Å². The molecule has 0 atom stereocenters. The van der Waals surface area contributed by atoms with E-state index in [1.54, 1.807) is 0 Å². The summed E-state index contributed by atoms with van der Waals surface area (Å²) in [6.45, 7) is -4.79. The van der Waals surface area contributed by atoms with Crippen LogP contribution in [-0.2, 0) is 5.41 Å². The van der Waals surface area contributed by atoms with E-state index in [1.165, 1.54) is 18.2 Å². The van der Waals surface area contributed by atoms with Crippen LogP contribution in [0.1, 0.15) is 24.8 Å². The van der Waals surface area contributed by atoms with Crippen LogP contribution in [0.25, 0.3) is 0 Å². The van der Waals surface area contributed by atoms with Crippen LogP contribution in [0.5, 0.6) is 0 Å². The second kappa shape index (κ2) is 4.46. The molecule has 0 heterocycles. The molecule has 7 heteroatoms. The first-order chi connectivity index (χ1) is 7.78. The van der Waals surface area contributed by atoms with Crippen molar-refractivity contribution in [3.05, 3.63) is 34.6 Å². The van der Waals surface area contributed by atoms with Crippen LogP contribution in [0, 0.1) is 5.82 Å². The van der Waals surface area contributed by atoms with Gasteiger partial charge < -0.3 is 12.9 Å². The molecule has 3 aliphatic rings. The van der Waals surface area contributed by atoms with Gasteiger partial charge in [-0.2, -0.15) is 0 Å². The van der Waals surface area contributed by atoms with Crippen molar-refractivity contribution in [3.8, 4) is 0 Å². The third-order valence-corrected chi connectivity index (χ3v) is 4.60. The maximum atomic E-state index is 13.1. The molecule has 18 heavy (non-hydrogen) atoms. The standard InChI is InChI=1S/C11H9BClF4.K/c13-9-2-1-7(14)3-8(9)10-4-11(5-10,6-10)12(15,16)17;/h1-3H,4-6H2;/q-1;+1. The molecule has 0 amide bonds. The van der Waals surface area contributed by atoms with Crippen molar-refractivity contribution in [2.24, 2.45) is 0 Å². The van der Waals surface area contributed by atoms with Gasteiger partial charge in [-0.25, -0.2) is 4.39 Å². The normalized spacial score (nSPS) is 33.2. The summed E-state index contributed by atoms with van der Waals surface area (Å²) in [7, 11) is 0. The van der Waals surface area contributed by atoms with Crippen LogP contribution >= 0.6 is 11.6 Å². The van der Waals surface area contributed by atoms with Gasteiger partial charge in [-0.05, 0) is 29.2 Å². The van der Waals surface area contributed by atoms with E-state index < -0.39 is 23.5 Å². The van der Waals surface area contributed by atoms with Crippen molar-refractivity contribution in [1.29, 1.82) is 0 Å². The van der Waals surface area contributed by atoms with E-state index in [2.05, 4.69) is 0 Å². The minimum absolute atomic E-state index is 0. The summed E-state index contributed by atoms with van der Waals surface area (Å²) in [5.41, 5.74) is 0.0253. The molecule has 0 aromatic heterocycles. The van der Waals surface area contributed by atoms with Crippen molar-refractivity contribution < 1.29 is 68.7 Å². The smallest absolute Gasteiger partial charge is 0.449 e. The average Bonchev–Trinajstić information content (AvgIpc) is 2.03. The van der Waals surface area contributed by atoms with Crippen molar-refractivity contribution in [2.75, 3.05) is 0 Å². The van der Waals surface area contributed by atoms with E-state index in [4.69, 9.17) is 11.6 Å². The summed E-state index contributed by atoms with van der Waals surface area (Å²) in [6, 6.07) is 3.91. The molecule has 0 aliphatic heterocycles. The Morgan fingerprint density at radius 3 is 2.17 bits per heavy atom.